The second-order valence-electron chi connectivity index (χ2n) is 4.83. The van der Waals surface area contributed by atoms with Gasteiger partial charge in [-0.05, 0) is 12.8 Å². The van der Waals surface area contributed by atoms with Crippen LogP contribution in [0.5, 0.6) is 0 Å². The minimum atomic E-state index is -4.03. The fraction of sp³-hybridized carbons (Fsp3) is 1.00. The summed E-state index contributed by atoms with van der Waals surface area (Å²) >= 11 is 0. The molecule has 0 aliphatic carbocycles. The van der Waals surface area contributed by atoms with E-state index in [4.69, 9.17) is 4.55 Å². The summed E-state index contributed by atoms with van der Waals surface area (Å²) in [5.74, 6) is -0.190. The van der Waals surface area contributed by atoms with Crippen molar-refractivity contribution in [1.29, 1.82) is 0 Å². The highest BCUT2D eigenvalue weighted by Gasteiger charge is 2.25. The number of halogens is 3. The number of hydrogen-bond donors (Lipinski definition) is 2. The van der Waals surface area contributed by atoms with Crippen molar-refractivity contribution in [3.63, 3.8) is 0 Å². The van der Waals surface area contributed by atoms with Crippen LogP contribution in [0.25, 0.3) is 0 Å². The molecule has 0 atom stereocenters. The summed E-state index contributed by atoms with van der Waals surface area (Å²) in [5, 5.41) is 0. The highest BCUT2D eigenvalue weighted by Crippen LogP contribution is 2.23. The van der Waals surface area contributed by atoms with Crippen molar-refractivity contribution in [2.24, 2.45) is 0 Å². The third-order valence-electron chi connectivity index (χ3n) is 2.86. The SMILES string of the molecule is N.O=S(=O)(O)CCCCCCCCCCCC(F)(F)F. The van der Waals surface area contributed by atoms with E-state index in [-0.39, 0.29) is 18.3 Å². The average Bonchev–Trinajstić information content (AvgIpc) is 2.22. The first-order chi connectivity index (χ1) is 8.71. The molecular formula is C12H26F3NO3S. The molecule has 0 radical (unpaired) electrons. The van der Waals surface area contributed by atoms with Crippen LogP contribution in [0.15, 0.2) is 0 Å². The molecular weight excluding hydrogens is 295 g/mol. The monoisotopic (exact) mass is 321 g/mol. The molecule has 0 aromatic heterocycles. The number of alkyl halides is 3. The maximum absolute atomic E-state index is 11.8. The second kappa shape index (κ2) is 11.3. The number of rotatable bonds is 11. The van der Waals surface area contributed by atoms with Crippen LogP contribution in [-0.2, 0) is 10.1 Å². The molecule has 0 spiro atoms. The Kier molecular flexibility index (Phi) is 12.4. The third-order valence-corrected chi connectivity index (χ3v) is 3.67. The summed E-state index contributed by atoms with van der Waals surface area (Å²) in [5.41, 5.74) is 0. The lowest BCUT2D eigenvalue weighted by Crippen LogP contribution is -2.06. The quantitative estimate of drug-likeness (QED) is 0.433. The van der Waals surface area contributed by atoms with Crippen molar-refractivity contribution >= 4 is 10.1 Å². The smallest absolute Gasteiger partial charge is 0.344 e. The van der Waals surface area contributed by atoms with Gasteiger partial charge in [0.1, 0.15) is 0 Å². The Balaban J connectivity index is 0. The van der Waals surface area contributed by atoms with Gasteiger partial charge in [0.25, 0.3) is 10.1 Å². The Hall–Kier alpha value is -0.340. The number of hydrogen-bond acceptors (Lipinski definition) is 3. The van der Waals surface area contributed by atoms with Gasteiger partial charge in [-0.1, -0.05) is 44.9 Å². The summed E-state index contributed by atoms with van der Waals surface area (Å²) in [7, 11) is -3.84. The fourth-order valence-electron chi connectivity index (χ4n) is 1.85. The minimum Gasteiger partial charge on any atom is -0.344 e. The van der Waals surface area contributed by atoms with Crippen LogP contribution in [0, 0.1) is 0 Å². The summed E-state index contributed by atoms with van der Waals surface area (Å²) in [6.07, 6.45) is 1.89. The molecule has 4 nitrogen and oxygen atoms in total. The topological polar surface area (TPSA) is 89.4 Å². The molecule has 0 fully saturated rings. The molecule has 0 bridgehead atoms. The fourth-order valence-corrected chi connectivity index (χ4v) is 2.42. The van der Waals surface area contributed by atoms with E-state index in [9.17, 15) is 21.6 Å². The van der Waals surface area contributed by atoms with Gasteiger partial charge < -0.3 is 6.15 Å². The molecule has 0 aromatic carbocycles. The van der Waals surface area contributed by atoms with Crippen LogP contribution in [0.1, 0.15) is 64.2 Å². The Labute approximate surface area is 119 Å². The molecule has 0 aliphatic rings. The first kappa shape index (κ1) is 21.9. The molecule has 0 aliphatic heterocycles. The van der Waals surface area contributed by atoms with Crippen LogP contribution in [0.4, 0.5) is 13.2 Å². The minimum absolute atomic E-state index is 0. The van der Waals surface area contributed by atoms with Gasteiger partial charge in [0, 0.05) is 6.42 Å². The predicted molar refractivity (Wildman–Crippen MR) is 73.7 cm³/mol. The van der Waals surface area contributed by atoms with Gasteiger partial charge in [-0.2, -0.15) is 21.6 Å². The van der Waals surface area contributed by atoms with Crippen molar-refractivity contribution in [1.82, 2.24) is 6.15 Å². The van der Waals surface area contributed by atoms with Crippen LogP contribution in [0.3, 0.4) is 0 Å². The van der Waals surface area contributed by atoms with E-state index >= 15 is 0 Å². The highest BCUT2D eigenvalue weighted by atomic mass is 32.2. The van der Waals surface area contributed by atoms with Gasteiger partial charge in [0.05, 0.1) is 5.75 Å². The van der Waals surface area contributed by atoms with Crippen LogP contribution >= 0.6 is 0 Å². The lowest BCUT2D eigenvalue weighted by atomic mass is 10.1. The van der Waals surface area contributed by atoms with Crippen molar-refractivity contribution in [3.8, 4) is 0 Å². The first-order valence-corrected chi connectivity index (χ1v) is 8.33. The summed E-state index contributed by atoms with van der Waals surface area (Å²) in [6.45, 7) is 0. The zero-order valence-electron chi connectivity index (χ0n) is 11.8. The largest absolute Gasteiger partial charge is 0.389 e. The van der Waals surface area contributed by atoms with E-state index in [1.807, 2.05) is 0 Å². The summed E-state index contributed by atoms with van der Waals surface area (Å²) in [6, 6.07) is 0. The van der Waals surface area contributed by atoms with Gasteiger partial charge >= 0.3 is 6.18 Å². The Morgan fingerprint density at radius 1 is 0.750 bits per heavy atom. The molecule has 0 amide bonds. The average molecular weight is 321 g/mol. The van der Waals surface area contributed by atoms with E-state index in [0.29, 0.717) is 12.8 Å². The Bertz CT molecular complexity index is 318. The Morgan fingerprint density at radius 3 is 1.45 bits per heavy atom. The maximum atomic E-state index is 11.8. The molecule has 8 heteroatoms. The molecule has 0 saturated carbocycles. The highest BCUT2D eigenvalue weighted by molar-refractivity contribution is 7.85. The lowest BCUT2D eigenvalue weighted by Gasteiger charge is -2.05. The Morgan fingerprint density at radius 2 is 1.10 bits per heavy atom. The third kappa shape index (κ3) is 20.0. The van der Waals surface area contributed by atoms with Crippen LogP contribution in [-0.4, -0.2) is 24.9 Å². The molecule has 4 N–H and O–H groups in total. The lowest BCUT2D eigenvalue weighted by molar-refractivity contribution is -0.135. The molecule has 0 heterocycles. The van der Waals surface area contributed by atoms with Gasteiger partial charge in [-0.3, -0.25) is 4.55 Å². The van der Waals surface area contributed by atoms with Crippen molar-refractivity contribution in [2.45, 2.75) is 70.4 Å². The molecule has 0 aromatic rings. The number of unbranched alkanes of at least 4 members (excludes halogenated alkanes) is 8. The van der Waals surface area contributed by atoms with E-state index in [1.54, 1.807) is 0 Å². The van der Waals surface area contributed by atoms with E-state index in [2.05, 4.69) is 0 Å². The standard InChI is InChI=1S/C12H23F3O3S.H3N/c13-12(14,15)10-8-6-4-2-1-3-5-7-9-11-19(16,17)18;/h1-11H2,(H,16,17,18);1H3. The van der Waals surface area contributed by atoms with Crippen molar-refractivity contribution in [3.05, 3.63) is 0 Å². The first-order valence-electron chi connectivity index (χ1n) is 6.73. The van der Waals surface area contributed by atoms with E-state index in [1.165, 1.54) is 0 Å². The van der Waals surface area contributed by atoms with Gasteiger partial charge in [0.2, 0.25) is 0 Å². The zero-order valence-corrected chi connectivity index (χ0v) is 12.6. The molecule has 124 valence electrons. The van der Waals surface area contributed by atoms with Crippen molar-refractivity contribution in [2.75, 3.05) is 5.75 Å². The predicted octanol–water partition coefficient (Wildman–Crippen LogP) is 4.50. The van der Waals surface area contributed by atoms with E-state index in [0.717, 1.165) is 38.5 Å². The molecule has 0 unspecified atom stereocenters. The van der Waals surface area contributed by atoms with Gasteiger partial charge in [-0.25, -0.2) is 0 Å². The summed E-state index contributed by atoms with van der Waals surface area (Å²) in [4.78, 5) is 0. The molecule has 0 rings (SSSR count). The molecule has 0 saturated heterocycles. The normalized spacial score (nSPS) is 12.2. The van der Waals surface area contributed by atoms with E-state index < -0.39 is 22.7 Å². The van der Waals surface area contributed by atoms with Gasteiger partial charge in [0.15, 0.2) is 0 Å². The van der Waals surface area contributed by atoms with Gasteiger partial charge in [-0.15, -0.1) is 0 Å². The summed E-state index contributed by atoms with van der Waals surface area (Å²) < 4.78 is 64.8. The van der Waals surface area contributed by atoms with Crippen LogP contribution < -0.4 is 6.15 Å². The molecule has 20 heavy (non-hydrogen) atoms. The van der Waals surface area contributed by atoms with Crippen molar-refractivity contribution < 1.29 is 26.1 Å². The second-order valence-corrected chi connectivity index (χ2v) is 6.41. The van der Waals surface area contributed by atoms with Crippen LogP contribution in [0.2, 0.25) is 0 Å². The zero-order chi connectivity index (χ0) is 14.8. The maximum Gasteiger partial charge on any atom is 0.389 e.